The average Bonchev–Trinajstić information content (AvgIpc) is 2.62. The number of nitrogens with zero attached hydrogens (tertiary/aromatic N) is 2. The van der Waals surface area contributed by atoms with Crippen molar-refractivity contribution in [2.24, 2.45) is 7.05 Å². The highest BCUT2D eigenvalue weighted by molar-refractivity contribution is 5.92. The third-order valence-corrected chi connectivity index (χ3v) is 4.11. The molecule has 0 radical (unpaired) electrons. The number of aryl methyl sites for hydroxylation is 1. The lowest BCUT2D eigenvalue weighted by Gasteiger charge is -2.19. The van der Waals surface area contributed by atoms with Gasteiger partial charge in [0.25, 0.3) is 5.56 Å². The Labute approximate surface area is 157 Å². The highest BCUT2D eigenvalue weighted by atomic mass is 16.6. The summed E-state index contributed by atoms with van der Waals surface area (Å²) >= 11 is 0. The number of pyridine rings is 2. The number of fused-ring (bicyclic) bond motifs is 1. The molecule has 0 spiro atoms. The van der Waals surface area contributed by atoms with Crippen LogP contribution in [0, 0.1) is 0 Å². The fraction of sp³-hybridized carbons (Fsp3) is 0.286. The Hall–Kier alpha value is -3.15. The number of aromatic nitrogens is 2. The summed E-state index contributed by atoms with van der Waals surface area (Å²) in [5, 5.41) is 3.66. The van der Waals surface area contributed by atoms with Gasteiger partial charge in [0.1, 0.15) is 11.2 Å². The van der Waals surface area contributed by atoms with Crippen molar-refractivity contribution in [2.45, 2.75) is 32.9 Å². The molecule has 1 aromatic carbocycles. The Kier molecular flexibility index (Phi) is 4.99. The van der Waals surface area contributed by atoms with Gasteiger partial charge in [-0.25, -0.2) is 9.78 Å². The zero-order valence-corrected chi connectivity index (χ0v) is 15.9. The van der Waals surface area contributed by atoms with E-state index in [1.54, 1.807) is 25.4 Å². The van der Waals surface area contributed by atoms with E-state index in [1.807, 2.05) is 51.1 Å². The SMILES string of the molecule is Cn1c(=O)ccc2c(-c3ccc(CNC(=O)OC(C)(C)C)cc3)ccnc21. The summed E-state index contributed by atoms with van der Waals surface area (Å²) in [6.45, 7) is 5.88. The van der Waals surface area contributed by atoms with Gasteiger partial charge in [0.05, 0.1) is 0 Å². The van der Waals surface area contributed by atoms with Gasteiger partial charge >= 0.3 is 6.09 Å². The van der Waals surface area contributed by atoms with E-state index in [-0.39, 0.29) is 5.56 Å². The van der Waals surface area contributed by atoms with Gasteiger partial charge in [0.2, 0.25) is 0 Å². The zero-order chi connectivity index (χ0) is 19.6. The molecule has 0 unspecified atom stereocenters. The molecular weight excluding hydrogens is 342 g/mol. The Morgan fingerprint density at radius 3 is 2.48 bits per heavy atom. The van der Waals surface area contributed by atoms with Crippen molar-refractivity contribution in [3.63, 3.8) is 0 Å². The number of hydrogen-bond donors (Lipinski definition) is 1. The average molecular weight is 365 g/mol. The summed E-state index contributed by atoms with van der Waals surface area (Å²) in [4.78, 5) is 27.9. The number of carbonyl (C=O) groups excluding carboxylic acids is 1. The van der Waals surface area contributed by atoms with Gasteiger partial charge in [-0.2, -0.15) is 0 Å². The molecule has 6 nitrogen and oxygen atoms in total. The van der Waals surface area contributed by atoms with Crippen LogP contribution in [-0.4, -0.2) is 21.2 Å². The first kappa shape index (κ1) is 18.6. The molecule has 2 aromatic heterocycles. The Balaban J connectivity index is 1.80. The number of ether oxygens (including phenoxy) is 1. The largest absolute Gasteiger partial charge is 0.444 e. The first-order chi connectivity index (χ1) is 12.7. The Morgan fingerprint density at radius 2 is 1.81 bits per heavy atom. The maximum absolute atomic E-state index is 11.8. The van der Waals surface area contributed by atoms with E-state index in [9.17, 15) is 9.59 Å². The zero-order valence-electron chi connectivity index (χ0n) is 15.9. The van der Waals surface area contributed by atoms with Gasteiger partial charge < -0.3 is 10.1 Å². The van der Waals surface area contributed by atoms with Crippen molar-refractivity contribution in [3.8, 4) is 11.1 Å². The lowest BCUT2D eigenvalue weighted by molar-refractivity contribution is 0.0523. The number of rotatable bonds is 3. The predicted octanol–water partition coefficient (Wildman–Crippen LogP) is 3.63. The summed E-state index contributed by atoms with van der Waals surface area (Å²) in [5.74, 6) is 0. The van der Waals surface area contributed by atoms with Crippen LogP contribution in [0.3, 0.4) is 0 Å². The van der Waals surface area contributed by atoms with Crippen LogP contribution in [0.4, 0.5) is 4.79 Å². The van der Waals surface area contributed by atoms with Crippen molar-refractivity contribution in [2.75, 3.05) is 0 Å². The molecule has 1 amide bonds. The number of alkyl carbamates (subject to hydrolysis) is 1. The van der Waals surface area contributed by atoms with Crippen molar-refractivity contribution in [1.29, 1.82) is 0 Å². The van der Waals surface area contributed by atoms with E-state index >= 15 is 0 Å². The molecule has 27 heavy (non-hydrogen) atoms. The number of amides is 1. The highest BCUT2D eigenvalue weighted by Gasteiger charge is 2.15. The smallest absolute Gasteiger partial charge is 0.407 e. The van der Waals surface area contributed by atoms with Crippen molar-refractivity contribution >= 4 is 17.1 Å². The lowest BCUT2D eigenvalue weighted by Crippen LogP contribution is -2.32. The van der Waals surface area contributed by atoms with Gasteiger partial charge in [0, 0.05) is 31.2 Å². The minimum Gasteiger partial charge on any atom is -0.444 e. The van der Waals surface area contributed by atoms with E-state index in [0.717, 1.165) is 22.1 Å². The van der Waals surface area contributed by atoms with Gasteiger partial charge in [-0.1, -0.05) is 24.3 Å². The minimum atomic E-state index is -0.517. The second-order valence-corrected chi connectivity index (χ2v) is 7.38. The molecule has 6 heteroatoms. The molecule has 0 aliphatic heterocycles. The number of hydrogen-bond acceptors (Lipinski definition) is 4. The third kappa shape index (κ3) is 4.34. The van der Waals surface area contributed by atoms with Crippen LogP contribution in [0.5, 0.6) is 0 Å². The van der Waals surface area contributed by atoms with E-state index in [1.165, 1.54) is 4.57 Å². The standard InChI is InChI=1S/C21H23N3O3/c1-21(2,3)27-20(26)23-13-14-5-7-15(8-6-14)16-11-12-22-19-17(16)9-10-18(25)24(19)4/h5-12H,13H2,1-4H3,(H,23,26). The fourth-order valence-corrected chi connectivity index (χ4v) is 2.81. The van der Waals surface area contributed by atoms with E-state index < -0.39 is 11.7 Å². The molecule has 0 saturated carbocycles. The number of benzene rings is 1. The molecule has 0 aliphatic rings. The predicted molar refractivity (Wildman–Crippen MR) is 105 cm³/mol. The Morgan fingerprint density at radius 1 is 1.11 bits per heavy atom. The first-order valence-electron chi connectivity index (χ1n) is 8.75. The van der Waals surface area contributed by atoms with Crippen LogP contribution in [0.1, 0.15) is 26.3 Å². The molecule has 0 aliphatic carbocycles. The maximum Gasteiger partial charge on any atom is 0.407 e. The molecule has 0 bridgehead atoms. The maximum atomic E-state index is 11.8. The van der Waals surface area contributed by atoms with E-state index in [0.29, 0.717) is 12.2 Å². The van der Waals surface area contributed by atoms with Crippen LogP contribution >= 0.6 is 0 Å². The molecule has 1 N–H and O–H groups in total. The summed E-state index contributed by atoms with van der Waals surface area (Å²) in [6, 6.07) is 13.2. The molecule has 0 atom stereocenters. The van der Waals surface area contributed by atoms with Crippen LogP contribution in [0.15, 0.2) is 53.5 Å². The summed E-state index contributed by atoms with van der Waals surface area (Å²) in [7, 11) is 1.72. The van der Waals surface area contributed by atoms with Crippen LogP contribution < -0.4 is 10.9 Å². The third-order valence-electron chi connectivity index (χ3n) is 4.11. The highest BCUT2D eigenvalue weighted by Crippen LogP contribution is 2.26. The quantitative estimate of drug-likeness (QED) is 0.769. The number of carbonyl (C=O) groups is 1. The first-order valence-corrected chi connectivity index (χ1v) is 8.75. The van der Waals surface area contributed by atoms with Crippen LogP contribution in [0.25, 0.3) is 22.2 Å². The lowest BCUT2D eigenvalue weighted by atomic mass is 10.0. The van der Waals surface area contributed by atoms with Gasteiger partial charge in [-0.3, -0.25) is 9.36 Å². The molecule has 2 heterocycles. The monoisotopic (exact) mass is 365 g/mol. The molecule has 3 rings (SSSR count). The molecule has 0 fully saturated rings. The molecule has 3 aromatic rings. The van der Waals surface area contributed by atoms with Crippen molar-refractivity contribution in [1.82, 2.24) is 14.9 Å². The van der Waals surface area contributed by atoms with Gasteiger partial charge in [-0.05, 0) is 49.6 Å². The van der Waals surface area contributed by atoms with Gasteiger partial charge in [0.15, 0.2) is 0 Å². The normalized spacial score (nSPS) is 11.4. The van der Waals surface area contributed by atoms with E-state index in [4.69, 9.17) is 4.74 Å². The summed E-state index contributed by atoms with van der Waals surface area (Å²) in [6.07, 6.45) is 1.27. The second kappa shape index (κ2) is 7.23. The van der Waals surface area contributed by atoms with Crippen molar-refractivity contribution in [3.05, 3.63) is 64.6 Å². The summed E-state index contributed by atoms with van der Waals surface area (Å²) in [5.41, 5.74) is 3.03. The summed E-state index contributed by atoms with van der Waals surface area (Å²) < 4.78 is 6.78. The van der Waals surface area contributed by atoms with Crippen molar-refractivity contribution < 1.29 is 9.53 Å². The fourth-order valence-electron chi connectivity index (χ4n) is 2.81. The number of nitrogens with one attached hydrogen (secondary N) is 1. The van der Waals surface area contributed by atoms with Crippen LogP contribution in [-0.2, 0) is 18.3 Å². The molecule has 0 saturated heterocycles. The van der Waals surface area contributed by atoms with E-state index in [2.05, 4.69) is 10.3 Å². The molecular formula is C21H23N3O3. The van der Waals surface area contributed by atoms with Crippen LogP contribution in [0.2, 0.25) is 0 Å². The minimum absolute atomic E-state index is 0.0873. The Bertz CT molecular complexity index is 1030. The topological polar surface area (TPSA) is 73.2 Å². The molecule has 140 valence electrons. The second-order valence-electron chi connectivity index (χ2n) is 7.38. The van der Waals surface area contributed by atoms with Gasteiger partial charge in [-0.15, -0.1) is 0 Å².